The fourth-order valence-electron chi connectivity index (χ4n) is 1.60. The van der Waals surface area contributed by atoms with Crippen LogP contribution in [0.3, 0.4) is 0 Å². The van der Waals surface area contributed by atoms with Crippen LogP contribution < -0.4 is 0 Å². The number of carbonyl (C=O) groups is 1. The smallest absolute Gasteiger partial charge is 0.310 e. The number of rotatable bonds is 5. The van der Waals surface area contributed by atoms with Gasteiger partial charge in [-0.1, -0.05) is 28.1 Å². The molecule has 4 nitrogen and oxygen atoms in total. The van der Waals surface area contributed by atoms with E-state index < -0.39 is 18.0 Å². The maximum atomic E-state index is 11.1. The number of aliphatic hydroxyl groups excluding tert-OH is 1. The van der Waals surface area contributed by atoms with Crippen LogP contribution in [0.4, 0.5) is 0 Å². The van der Waals surface area contributed by atoms with Crippen molar-refractivity contribution < 1.29 is 15.0 Å². The Kier molecular flexibility index (Phi) is 5.11. The van der Waals surface area contributed by atoms with E-state index in [0.29, 0.717) is 12.1 Å². The normalized spacial score (nSPS) is 14.6. The van der Waals surface area contributed by atoms with Crippen molar-refractivity contribution >= 4 is 21.9 Å². The Bertz CT molecular complexity index is 378. The first-order chi connectivity index (χ1) is 7.91. The van der Waals surface area contributed by atoms with Gasteiger partial charge in [0.05, 0.1) is 12.0 Å². The summed E-state index contributed by atoms with van der Waals surface area (Å²) in [6.07, 6.45) is -0.997. The number of benzene rings is 1. The van der Waals surface area contributed by atoms with Gasteiger partial charge >= 0.3 is 5.97 Å². The average Bonchev–Trinajstić information content (AvgIpc) is 2.25. The third-order valence-electron chi connectivity index (χ3n) is 2.47. The Morgan fingerprint density at radius 1 is 1.35 bits per heavy atom. The number of halogens is 1. The zero-order valence-electron chi connectivity index (χ0n) is 9.80. The molecule has 2 unspecified atom stereocenters. The molecule has 0 spiro atoms. The minimum absolute atomic E-state index is 0.298. The average molecular weight is 302 g/mol. The van der Waals surface area contributed by atoms with Gasteiger partial charge in [-0.2, -0.15) is 0 Å². The molecule has 1 rings (SSSR count). The number of aliphatic carboxylic acids is 1. The van der Waals surface area contributed by atoms with Crippen molar-refractivity contribution in [1.29, 1.82) is 0 Å². The van der Waals surface area contributed by atoms with Gasteiger partial charge in [0, 0.05) is 11.0 Å². The zero-order valence-corrected chi connectivity index (χ0v) is 11.4. The second kappa shape index (κ2) is 6.14. The van der Waals surface area contributed by atoms with Crippen molar-refractivity contribution in [1.82, 2.24) is 4.90 Å². The molecule has 0 aromatic heterocycles. The van der Waals surface area contributed by atoms with Gasteiger partial charge < -0.3 is 15.1 Å². The summed E-state index contributed by atoms with van der Waals surface area (Å²) >= 11 is 3.29. The van der Waals surface area contributed by atoms with E-state index in [1.165, 1.54) is 0 Å². The van der Waals surface area contributed by atoms with Crippen molar-refractivity contribution in [3.05, 3.63) is 34.3 Å². The van der Waals surface area contributed by atoms with E-state index >= 15 is 0 Å². The van der Waals surface area contributed by atoms with Crippen LogP contribution in [-0.4, -0.2) is 41.7 Å². The lowest BCUT2D eigenvalue weighted by molar-refractivity contribution is -0.146. The van der Waals surface area contributed by atoms with E-state index in [1.807, 2.05) is 0 Å². The second-order valence-electron chi connectivity index (χ2n) is 4.20. The molecule has 2 atom stereocenters. The Labute approximate surface area is 109 Å². The summed E-state index contributed by atoms with van der Waals surface area (Å²) in [7, 11) is 3.56. The van der Waals surface area contributed by atoms with Crippen LogP contribution in [0.1, 0.15) is 11.7 Å². The summed E-state index contributed by atoms with van der Waals surface area (Å²) < 4.78 is 0.896. The van der Waals surface area contributed by atoms with Gasteiger partial charge in [0.1, 0.15) is 0 Å². The summed E-state index contributed by atoms with van der Waals surface area (Å²) in [6.45, 7) is 0.298. The van der Waals surface area contributed by atoms with Crippen LogP contribution in [-0.2, 0) is 4.79 Å². The highest BCUT2D eigenvalue weighted by molar-refractivity contribution is 9.10. The molecule has 0 fully saturated rings. The molecule has 94 valence electrons. The summed E-state index contributed by atoms with van der Waals surface area (Å²) in [5.41, 5.74) is 0.613. The number of hydrogen-bond donors (Lipinski definition) is 2. The van der Waals surface area contributed by atoms with E-state index in [1.54, 1.807) is 43.3 Å². The third kappa shape index (κ3) is 4.11. The summed E-state index contributed by atoms with van der Waals surface area (Å²) in [5.74, 6) is -1.82. The minimum atomic E-state index is -0.997. The Morgan fingerprint density at radius 2 is 1.88 bits per heavy atom. The summed E-state index contributed by atoms with van der Waals surface area (Å²) in [6, 6.07) is 7.01. The molecule has 0 amide bonds. The molecule has 0 radical (unpaired) electrons. The van der Waals surface area contributed by atoms with Crippen LogP contribution in [0, 0.1) is 5.92 Å². The topological polar surface area (TPSA) is 60.8 Å². The van der Waals surface area contributed by atoms with E-state index in [9.17, 15) is 9.90 Å². The highest BCUT2D eigenvalue weighted by Gasteiger charge is 2.28. The lowest BCUT2D eigenvalue weighted by Gasteiger charge is -2.22. The maximum Gasteiger partial charge on any atom is 0.310 e. The van der Waals surface area contributed by atoms with E-state index in [0.717, 1.165) is 4.47 Å². The van der Waals surface area contributed by atoms with Crippen molar-refractivity contribution in [2.75, 3.05) is 20.6 Å². The molecule has 2 N–H and O–H groups in total. The van der Waals surface area contributed by atoms with Crippen molar-refractivity contribution in [3.8, 4) is 0 Å². The quantitative estimate of drug-likeness (QED) is 0.870. The van der Waals surface area contributed by atoms with E-state index in [2.05, 4.69) is 15.9 Å². The number of hydrogen-bond acceptors (Lipinski definition) is 3. The standard InChI is InChI=1S/C12H16BrNO3/c1-14(2)7-10(12(16)17)11(15)8-3-5-9(13)6-4-8/h3-6,10-11,15H,7H2,1-2H3,(H,16,17). The predicted octanol–water partition coefficient (Wildman–Crippen LogP) is 1.74. The molecule has 1 aromatic rings. The van der Waals surface area contributed by atoms with Crippen molar-refractivity contribution in [2.45, 2.75) is 6.10 Å². The van der Waals surface area contributed by atoms with Gasteiger partial charge in [0.25, 0.3) is 0 Å². The van der Waals surface area contributed by atoms with Gasteiger partial charge in [-0.3, -0.25) is 4.79 Å². The van der Waals surface area contributed by atoms with Gasteiger partial charge in [0.15, 0.2) is 0 Å². The van der Waals surface area contributed by atoms with Crippen LogP contribution in [0.15, 0.2) is 28.7 Å². The molecule has 0 saturated heterocycles. The molecule has 0 saturated carbocycles. The second-order valence-corrected chi connectivity index (χ2v) is 5.12. The lowest BCUT2D eigenvalue weighted by Crippen LogP contribution is -2.32. The first-order valence-electron chi connectivity index (χ1n) is 5.23. The van der Waals surface area contributed by atoms with Crippen LogP contribution in [0.25, 0.3) is 0 Å². The number of carboxylic acids is 1. The highest BCUT2D eigenvalue weighted by atomic mass is 79.9. The van der Waals surface area contributed by atoms with E-state index in [-0.39, 0.29) is 0 Å². The molecule has 1 aromatic carbocycles. The molecule has 0 aliphatic rings. The van der Waals surface area contributed by atoms with Crippen LogP contribution >= 0.6 is 15.9 Å². The number of nitrogens with zero attached hydrogens (tertiary/aromatic N) is 1. The highest BCUT2D eigenvalue weighted by Crippen LogP contribution is 2.24. The summed E-state index contributed by atoms with van der Waals surface area (Å²) in [4.78, 5) is 12.9. The number of carboxylic acid groups (broad SMARTS) is 1. The zero-order chi connectivity index (χ0) is 13.0. The summed E-state index contributed by atoms with van der Waals surface area (Å²) in [5, 5.41) is 19.2. The maximum absolute atomic E-state index is 11.1. The largest absolute Gasteiger partial charge is 0.481 e. The van der Waals surface area contributed by atoms with Crippen molar-refractivity contribution in [3.63, 3.8) is 0 Å². The van der Waals surface area contributed by atoms with E-state index in [4.69, 9.17) is 5.11 Å². The van der Waals surface area contributed by atoms with Gasteiger partial charge in [-0.15, -0.1) is 0 Å². The minimum Gasteiger partial charge on any atom is -0.481 e. The molecule has 0 aliphatic heterocycles. The van der Waals surface area contributed by atoms with Gasteiger partial charge in [0.2, 0.25) is 0 Å². The molecule has 0 bridgehead atoms. The molecule has 0 aliphatic carbocycles. The Morgan fingerprint density at radius 3 is 2.29 bits per heavy atom. The number of aliphatic hydroxyl groups is 1. The fourth-order valence-corrected chi connectivity index (χ4v) is 1.86. The fraction of sp³-hybridized carbons (Fsp3) is 0.417. The Hall–Kier alpha value is -0.910. The first kappa shape index (κ1) is 14.2. The van der Waals surface area contributed by atoms with Gasteiger partial charge in [-0.25, -0.2) is 0 Å². The first-order valence-corrected chi connectivity index (χ1v) is 6.02. The Balaban J connectivity index is 2.87. The lowest BCUT2D eigenvalue weighted by atomic mass is 9.95. The van der Waals surface area contributed by atoms with Crippen LogP contribution in [0.5, 0.6) is 0 Å². The van der Waals surface area contributed by atoms with Gasteiger partial charge in [-0.05, 0) is 31.8 Å². The molecular formula is C12H16BrNO3. The third-order valence-corrected chi connectivity index (χ3v) is 3.00. The molecular weight excluding hydrogens is 286 g/mol. The predicted molar refractivity (Wildman–Crippen MR) is 68.8 cm³/mol. The molecule has 0 heterocycles. The molecule has 5 heteroatoms. The monoisotopic (exact) mass is 301 g/mol. The van der Waals surface area contributed by atoms with Crippen LogP contribution in [0.2, 0.25) is 0 Å². The molecule has 17 heavy (non-hydrogen) atoms. The SMILES string of the molecule is CN(C)CC(C(=O)O)C(O)c1ccc(Br)cc1. The van der Waals surface area contributed by atoms with Crippen molar-refractivity contribution in [2.24, 2.45) is 5.92 Å².